The smallest absolute Gasteiger partial charge is 0.308 e. The molecule has 1 aliphatic rings. The van der Waals surface area contributed by atoms with Crippen LogP contribution in [-0.2, 0) is 4.79 Å². The van der Waals surface area contributed by atoms with E-state index < -0.39 is 29.7 Å². The number of nitrogens with zero attached hydrogens (tertiary/aromatic N) is 2. The monoisotopic (exact) mass is 518 g/mol. The number of aliphatic carboxylic acids is 1. The molecule has 4 rings (SSSR count). The number of carboxylic acids is 1. The van der Waals surface area contributed by atoms with Crippen molar-refractivity contribution in [2.75, 3.05) is 32.5 Å². The lowest BCUT2D eigenvalue weighted by Gasteiger charge is -2.36. The number of benzene rings is 2. The number of hydrogen-bond donors (Lipinski definition) is 1. The number of ether oxygens (including phenoxy) is 1. The molecule has 0 radical (unpaired) electrons. The number of methoxy groups -OCH3 is 1. The Morgan fingerprint density at radius 2 is 2.00 bits per heavy atom. The molecule has 0 unspecified atom stereocenters. The summed E-state index contributed by atoms with van der Waals surface area (Å²) in [4.78, 5) is 18.9. The van der Waals surface area contributed by atoms with Gasteiger partial charge in [-0.1, -0.05) is 0 Å². The number of fused-ring (bicyclic) bond motifs is 1. The first-order chi connectivity index (χ1) is 17.3. The van der Waals surface area contributed by atoms with Crippen LogP contribution >= 0.6 is 11.8 Å². The molecule has 0 bridgehead atoms. The Hall–Kier alpha value is -2.78. The van der Waals surface area contributed by atoms with E-state index in [1.165, 1.54) is 23.9 Å². The molecule has 0 spiro atoms. The van der Waals surface area contributed by atoms with Crippen molar-refractivity contribution in [2.24, 2.45) is 11.8 Å². The van der Waals surface area contributed by atoms with Gasteiger partial charge in [-0.25, -0.2) is 13.2 Å². The molecule has 9 heteroatoms. The maximum atomic E-state index is 15.4. The van der Waals surface area contributed by atoms with E-state index in [0.29, 0.717) is 65.3 Å². The Morgan fingerprint density at radius 1 is 1.22 bits per heavy atom. The Kier molecular flexibility index (Phi) is 8.74. The number of aromatic nitrogens is 1. The van der Waals surface area contributed by atoms with Crippen molar-refractivity contribution in [3.05, 3.63) is 65.9 Å². The van der Waals surface area contributed by atoms with E-state index >= 15 is 4.39 Å². The fraction of sp³-hybridized carbons (Fsp3) is 0.407. The molecule has 1 aromatic heterocycles. The Labute approximate surface area is 212 Å². The summed E-state index contributed by atoms with van der Waals surface area (Å²) in [6, 6.07) is 10.4. The number of hydrogen-bond acceptors (Lipinski definition) is 5. The third-order valence-corrected chi connectivity index (χ3v) is 7.74. The van der Waals surface area contributed by atoms with Crippen molar-refractivity contribution < 1.29 is 27.8 Å². The lowest BCUT2D eigenvalue weighted by molar-refractivity contribution is -0.146. The number of alkyl halides is 1. The molecule has 36 heavy (non-hydrogen) atoms. The zero-order valence-electron chi connectivity index (χ0n) is 20.0. The zero-order chi connectivity index (χ0) is 25.7. The van der Waals surface area contributed by atoms with Crippen LogP contribution in [0.25, 0.3) is 10.9 Å². The van der Waals surface area contributed by atoms with Crippen LogP contribution in [0.5, 0.6) is 5.75 Å². The van der Waals surface area contributed by atoms with Crippen LogP contribution < -0.4 is 4.74 Å². The van der Waals surface area contributed by atoms with E-state index in [0.717, 1.165) is 6.07 Å². The molecular weight excluding hydrogens is 489 g/mol. The first-order valence-corrected chi connectivity index (χ1v) is 12.9. The summed E-state index contributed by atoms with van der Waals surface area (Å²) < 4.78 is 47.4. The highest BCUT2D eigenvalue weighted by atomic mass is 32.2. The molecule has 1 saturated heterocycles. The fourth-order valence-electron chi connectivity index (χ4n) is 4.86. The third-order valence-electron chi connectivity index (χ3n) is 6.78. The summed E-state index contributed by atoms with van der Waals surface area (Å²) in [7, 11) is 1.56. The van der Waals surface area contributed by atoms with Gasteiger partial charge in [-0.3, -0.25) is 9.78 Å². The number of thioether (sulfide) groups is 1. The summed E-state index contributed by atoms with van der Waals surface area (Å²) in [5.74, 6) is -1.60. The highest BCUT2D eigenvalue weighted by Gasteiger charge is 2.34. The van der Waals surface area contributed by atoms with Gasteiger partial charge in [-0.15, -0.1) is 11.8 Å². The van der Waals surface area contributed by atoms with Gasteiger partial charge >= 0.3 is 5.97 Å². The minimum atomic E-state index is -1.24. The van der Waals surface area contributed by atoms with E-state index in [9.17, 15) is 18.7 Å². The largest absolute Gasteiger partial charge is 0.497 e. The fourth-order valence-corrected chi connectivity index (χ4v) is 5.84. The van der Waals surface area contributed by atoms with Gasteiger partial charge in [0.2, 0.25) is 0 Å². The maximum Gasteiger partial charge on any atom is 0.308 e. The Bertz CT molecular complexity index is 1190. The second kappa shape index (κ2) is 12.0. The molecule has 0 amide bonds. The van der Waals surface area contributed by atoms with Gasteiger partial charge in [0.05, 0.1) is 18.5 Å². The Morgan fingerprint density at radius 3 is 2.72 bits per heavy atom. The molecule has 2 aromatic carbocycles. The van der Waals surface area contributed by atoms with Gasteiger partial charge in [-0.2, -0.15) is 0 Å². The molecule has 5 nitrogen and oxygen atoms in total. The van der Waals surface area contributed by atoms with Crippen molar-refractivity contribution in [1.29, 1.82) is 0 Å². The van der Waals surface area contributed by atoms with Gasteiger partial charge in [0.15, 0.2) is 0 Å². The van der Waals surface area contributed by atoms with Gasteiger partial charge in [-0.05, 0) is 73.7 Å². The first kappa shape index (κ1) is 26.3. The molecule has 192 valence electrons. The molecule has 3 atom stereocenters. The average Bonchev–Trinajstić information content (AvgIpc) is 2.86. The van der Waals surface area contributed by atoms with Gasteiger partial charge < -0.3 is 14.7 Å². The molecule has 1 N–H and O–H groups in total. The van der Waals surface area contributed by atoms with E-state index in [1.807, 2.05) is 0 Å². The number of halogens is 3. The number of carboxylic acid groups (broad SMARTS) is 1. The molecule has 3 aromatic rings. The standard InChI is InChI=1S/C27H29F3N2O3S/c1-35-20-3-5-26-23(15-20)22(6-8-31-26)25(30)4-2-17-7-9-32(16-24(17)27(33)34)10-11-36-21-13-18(28)12-19(29)14-21/h3,5-6,8,12-15,17,24-25H,2,4,7,9-11,16H2,1H3,(H,33,34)/t17-,24+,25-/m1/s1. The first-order valence-electron chi connectivity index (χ1n) is 11.9. The molecule has 2 heterocycles. The summed E-state index contributed by atoms with van der Waals surface area (Å²) in [6.07, 6.45) is 1.71. The summed E-state index contributed by atoms with van der Waals surface area (Å²) in [5.41, 5.74) is 1.22. The molecule has 1 fully saturated rings. The van der Waals surface area contributed by atoms with E-state index in [4.69, 9.17) is 4.74 Å². The lowest BCUT2D eigenvalue weighted by atomic mass is 9.81. The van der Waals surface area contributed by atoms with Crippen LogP contribution in [0.2, 0.25) is 0 Å². The van der Waals surface area contributed by atoms with Crippen molar-refractivity contribution in [1.82, 2.24) is 9.88 Å². The highest BCUT2D eigenvalue weighted by Crippen LogP contribution is 2.35. The van der Waals surface area contributed by atoms with Gasteiger partial charge in [0.25, 0.3) is 0 Å². The normalized spacial score (nSPS) is 19.3. The van der Waals surface area contributed by atoms with Crippen molar-refractivity contribution in [3.8, 4) is 5.75 Å². The van der Waals surface area contributed by atoms with Crippen LogP contribution in [-0.4, -0.2) is 53.5 Å². The Balaban J connectivity index is 1.33. The number of likely N-dealkylation sites (tertiary alicyclic amines) is 1. The van der Waals surface area contributed by atoms with E-state index in [-0.39, 0.29) is 12.3 Å². The maximum absolute atomic E-state index is 15.4. The minimum absolute atomic E-state index is 0.121. The van der Waals surface area contributed by atoms with E-state index in [2.05, 4.69) is 9.88 Å². The van der Waals surface area contributed by atoms with Crippen molar-refractivity contribution in [2.45, 2.75) is 30.3 Å². The van der Waals surface area contributed by atoms with Crippen molar-refractivity contribution >= 4 is 28.6 Å². The second-order valence-electron chi connectivity index (χ2n) is 9.08. The SMILES string of the molecule is COc1ccc2nccc([C@H](F)CC[C@@H]3CCN(CCSc4cc(F)cc(F)c4)C[C@@H]3C(=O)O)c2c1. The summed E-state index contributed by atoms with van der Waals surface area (Å²) >= 11 is 1.34. The zero-order valence-corrected chi connectivity index (χ0v) is 20.8. The van der Waals surface area contributed by atoms with Crippen LogP contribution in [0.4, 0.5) is 13.2 Å². The van der Waals surface area contributed by atoms with Crippen LogP contribution in [0.15, 0.2) is 53.6 Å². The molecule has 1 aliphatic heterocycles. The number of rotatable bonds is 10. The quantitative estimate of drug-likeness (QED) is 0.326. The average molecular weight is 519 g/mol. The topological polar surface area (TPSA) is 62.7 Å². The van der Waals surface area contributed by atoms with Crippen LogP contribution in [0, 0.1) is 23.5 Å². The molecule has 0 aliphatic carbocycles. The second-order valence-corrected chi connectivity index (χ2v) is 10.2. The molecule has 0 saturated carbocycles. The molecular formula is C27H29F3N2O3S. The van der Waals surface area contributed by atoms with Gasteiger partial charge in [0.1, 0.15) is 23.6 Å². The number of piperidine rings is 1. The lowest BCUT2D eigenvalue weighted by Crippen LogP contribution is -2.44. The summed E-state index contributed by atoms with van der Waals surface area (Å²) in [6.45, 7) is 1.69. The van der Waals surface area contributed by atoms with Crippen LogP contribution in [0.3, 0.4) is 0 Å². The third kappa shape index (κ3) is 6.50. The number of carbonyl (C=O) groups is 1. The van der Waals surface area contributed by atoms with Crippen LogP contribution in [0.1, 0.15) is 31.0 Å². The summed E-state index contributed by atoms with van der Waals surface area (Å²) in [5, 5.41) is 10.5. The van der Waals surface area contributed by atoms with Crippen molar-refractivity contribution in [3.63, 3.8) is 0 Å². The highest BCUT2D eigenvalue weighted by molar-refractivity contribution is 7.99. The van der Waals surface area contributed by atoms with Gasteiger partial charge in [0, 0.05) is 41.4 Å². The predicted molar refractivity (Wildman–Crippen MR) is 134 cm³/mol. The number of pyridine rings is 1. The minimum Gasteiger partial charge on any atom is -0.497 e. The van der Waals surface area contributed by atoms with E-state index in [1.54, 1.807) is 37.6 Å². The predicted octanol–water partition coefficient (Wildman–Crippen LogP) is 6.13.